The smallest absolute Gasteiger partial charge is 0.248 e. The van der Waals surface area contributed by atoms with Gasteiger partial charge in [0, 0.05) is 36.4 Å². The first-order chi connectivity index (χ1) is 10.2. The van der Waals surface area contributed by atoms with Gasteiger partial charge < -0.3 is 14.8 Å². The largest absolute Gasteiger partial charge is 0.421 e. The third kappa shape index (κ3) is 4.95. The molecular weight excluding hydrogens is 290 g/mol. The zero-order chi connectivity index (χ0) is 15.1. The molecule has 0 aliphatic rings. The standard InChI is InChI=1S/C14H19N3O3S/c1-10(3-2-7-18)15-12(19)4-5-13-16-17-14(20-13)11-6-8-21-9-11/h6,8-10,18H,2-5,7H2,1H3,(H,15,19). The van der Waals surface area contributed by atoms with E-state index in [4.69, 9.17) is 9.52 Å². The van der Waals surface area contributed by atoms with Crippen molar-refractivity contribution in [1.29, 1.82) is 0 Å². The summed E-state index contributed by atoms with van der Waals surface area (Å²) in [5, 5.41) is 23.4. The molecule has 0 radical (unpaired) electrons. The number of aliphatic hydroxyl groups is 1. The molecule has 1 amide bonds. The van der Waals surface area contributed by atoms with Crippen molar-refractivity contribution in [2.24, 2.45) is 0 Å². The van der Waals surface area contributed by atoms with Gasteiger partial charge in [-0.15, -0.1) is 10.2 Å². The van der Waals surface area contributed by atoms with Gasteiger partial charge in [-0.05, 0) is 31.2 Å². The fourth-order valence-corrected chi connectivity index (χ4v) is 2.52. The Labute approximate surface area is 127 Å². The average molecular weight is 309 g/mol. The maximum absolute atomic E-state index is 11.8. The molecule has 0 bridgehead atoms. The molecule has 0 saturated heterocycles. The van der Waals surface area contributed by atoms with E-state index in [-0.39, 0.29) is 18.6 Å². The number of hydrogen-bond donors (Lipinski definition) is 2. The van der Waals surface area contributed by atoms with Crippen molar-refractivity contribution in [3.8, 4) is 11.5 Å². The van der Waals surface area contributed by atoms with Crippen molar-refractivity contribution in [3.63, 3.8) is 0 Å². The summed E-state index contributed by atoms with van der Waals surface area (Å²) in [6.07, 6.45) is 2.20. The maximum atomic E-state index is 11.8. The van der Waals surface area contributed by atoms with Crippen LogP contribution in [0.15, 0.2) is 21.2 Å². The van der Waals surface area contributed by atoms with Gasteiger partial charge in [-0.25, -0.2) is 0 Å². The predicted molar refractivity (Wildman–Crippen MR) is 79.9 cm³/mol. The molecule has 1 unspecified atom stereocenters. The second-order valence-electron chi connectivity index (χ2n) is 4.85. The van der Waals surface area contributed by atoms with Gasteiger partial charge in [-0.1, -0.05) is 0 Å². The fourth-order valence-electron chi connectivity index (χ4n) is 1.89. The summed E-state index contributed by atoms with van der Waals surface area (Å²) in [6, 6.07) is 1.98. The van der Waals surface area contributed by atoms with E-state index in [1.54, 1.807) is 11.3 Å². The van der Waals surface area contributed by atoms with Crippen LogP contribution in [0, 0.1) is 0 Å². The van der Waals surface area contributed by atoms with E-state index < -0.39 is 0 Å². The summed E-state index contributed by atoms with van der Waals surface area (Å²) in [5.41, 5.74) is 0.904. The Bertz CT molecular complexity index is 554. The molecule has 2 heterocycles. The Morgan fingerprint density at radius 3 is 3.10 bits per heavy atom. The van der Waals surface area contributed by atoms with Crippen molar-refractivity contribution in [3.05, 3.63) is 22.7 Å². The Hall–Kier alpha value is -1.73. The molecule has 6 nitrogen and oxygen atoms in total. The Morgan fingerprint density at radius 1 is 1.52 bits per heavy atom. The molecule has 1 atom stereocenters. The molecule has 2 aromatic heterocycles. The number of aromatic nitrogens is 2. The number of nitrogens with zero attached hydrogens (tertiary/aromatic N) is 2. The zero-order valence-electron chi connectivity index (χ0n) is 11.9. The number of thiophene rings is 1. The van der Waals surface area contributed by atoms with E-state index in [9.17, 15) is 4.79 Å². The lowest BCUT2D eigenvalue weighted by molar-refractivity contribution is -0.121. The quantitative estimate of drug-likeness (QED) is 0.778. The van der Waals surface area contributed by atoms with Gasteiger partial charge in [0.25, 0.3) is 0 Å². The third-order valence-electron chi connectivity index (χ3n) is 3.00. The number of aryl methyl sites for hydroxylation is 1. The van der Waals surface area contributed by atoms with Crippen LogP contribution in [0.25, 0.3) is 11.5 Å². The van der Waals surface area contributed by atoms with Crippen molar-refractivity contribution in [2.45, 2.75) is 38.6 Å². The van der Waals surface area contributed by atoms with E-state index in [1.807, 2.05) is 23.8 Å². The van der Waals surface area contributed by atoms with Gasteiger partial charge in [-0.2, -0.15) is 11.3 Å². The summed E-state index contributed by atoms with van der Waals surface area (Å²) in [4.78, 5) is 11.8. The van der Waals surface area contributed by atoms with E-state index in [2.05, 4.69) is 15.5 Å². The van der Waals surface area contributed by atoms with Crippen LogP contribution >= 0.6 is 11.3 Å². The van der Waals surface area contributed by atoms with Crippen LogP contribution in [0.1, 0.15) is 32.1 Å². The molecule has 2 N–H and O–H groups in total. The molecule has 0 spiro atoms. The lowest BCUT2D eigenvalue weighted by atomic mass is 10.2. The normalized spacial score (nSPS) is 12.3. The zero-order valence-corrected chi connectivity index (χ0v) is 12.7. The topological polar surface area (TPSA) is 88.2 Å². The summed E-state index contributed by atoms with van der Waals surface area (Å²) < 4.78 is 5.52. The van der Waals surface area contributed by atoms with Crippen LogP contribution < -0.4 is 5.32 Å². The average Bonchev–Trinajstić information content (AvgIpc) is 3.13. The van der Waals surface area contributed by atoms with Crippen LogP contribution in [0.2, 0.25) is 0 Å². The van der Waals surface area contributed by atoms with Crippen molar-refractivity contribution >= 4 is 17.2 Å². The monoisotopic (exact) mass is 309 g/mol. The van der Waals surface area contributed by atoms with E-state index in [0.29, 0.717) is 31.0 Å². The van der Waals surface area contributed by atoms with Crippen molar-refractivity contribution in [1.82, 2.24) is 15.5 Å². The minimum absolute atomic E-state index is 0.0456. The fraction of sp³-hybridized carbons (Fsp3) is 0.500. The summed E-state index contributed by atoms with van der Waals surface area (Å²) in [6.45, 7) is 2.07. The van der Waals surface area contributed by atoms with E-state index in [0.717, 1.165) is 12.0 Å². The van der Waals surface area contributed by atoms with Gasteiger partial charge in [-0.3, -0.25) is 4.79 Å². The van der Waals surface area contributed by atoms with E-state index in [1.165, 1.54) is 0 Å². The highest BCUT2D eigenvalue weighted by molar-refractivity contribution is 7.08. The molecule has 0 aliphatic heterocycles. The molecule has 2 aromatic rings. The van der Waals surface area contributed by atoms with Gasteiger partial charge in [0.05, 0.1) is 0 Å². The van der Waals surface area contributed by atoms with Gasteiger partial charge in [0.1, 0.15) is 0 Å². The number of carbonyl (C=O) groups is 1. The molecule has 0 fully saturated rings. The SMILES string of the molecule is CC(CCCO)NC(=O)CCc1nnc(-c2ccsc2)o1. The Balaban J connectivity index is 1.77. The molecule has 0 aliphatic carbocycles. The van der Waals surface area contributed by atoms with Gasteiger partial charge in [0.15, 0.2) is 0 Å². The minimum Gasteiger partial charge on any atom is -0.421 e. The summed E-state index contributed by atoms with van der Waals surface area (Å²) >= 11 is 1.57. The number of aliphatic hydroxyl groups excluding tert-OH is 1. The van der Waals surface area contributed by atoms with Crippen LogP contribution in [-0.2, 0) is 11.2 Å². The molecule has 114 valence electrons. The lowest BCUT2D eigenvalue weighted by Gasteiger charge is -2.12. The number of amides is 1. The number of carbonyl (C=O) groups excluding carboxylic acids is 1. The Morgan fingerprint density at radius 2 is 2.38 bits per heavy atom. The molecule has 21 heavy (non-hydrogen) atoms. The highest BCUT2D eigenvalue weighted by atomic mass is 32.1. The first-order valence-corrected chi connectivity index (χ1v) is 7.88. The second kappa shape index (κ2) is 7.90. The van der Waals surface area contributed by atoms with Crippen LogP contribution in [0.4, 0.5) is 0 Å². The maximum Gasteiger partial charge on any atom is 0.248 e. The van der Waals surface area contributed by atoms with Crippen LogP contribution in [0.5, 0.6) is 0 Å². The summed E-state index contributed by atoms with van der Waals surface area (Å²) in [7, 11) is 0. The minimum atomic E-state index is -0.0456. The van der Waals surface area contributed by atoms with E-state index >= 15 is 0 Å². The highest BCUT2D eigenvalue weighted by Crippen LogP contribution is 2.20. The van der Waals surface area contributed by atoms with Crippen LogP contribution in [-0.4, -0.2) is 33.9 Å². The first-order valence-electron chi connectivity index (χ1n) is 6.94. The summed E-state index contributed by atoms with van der Waals surface area (Å²) in [5.74, 6) is 0.910. The number of nitrogens with one attached hydrogen (secondary N) is 1. The molecule has 0 saturated carbocycles. The predicted octanol–water partition coefficient (Wildman–Crippen LogP) is 2.01. The first kappa shape index (κ1) is 15.7. The molecule has 0 aromatic carbocycles. The van der Waals surface area contributed by atoms with Gasteiger partial charge >= 0.3 is 0 Å². The number of hydrogen-bond acceptors (Lipinski definition) is 6. The Kier molecular flexibility index (Phi) is 5.89. The third-order valence-corrected chi connectivity index (χ3v) is 3.69. The van der Waals surface area contributed by atoms with Gasteiger partial charge in [0.2, 0.25) is 17.7 Å². The number of rotatable bonds is 8. The lowest BCUT2D eigenvalue weighted by Crippen LogP contribution is -2.32. The molecular formula is C14H19N3O3S. The molecule has 7 heteroatoms. The van der Waals surface area contributed by atoms with Crippen molar-refractivity contribution < 1.29 is 14.3 Å². The molecule has 2 rings (SSSR count). The second-order valence-corrected chi connectivity index (χ2v) is 5.63. The van der Waals surface area contributed by atoms with Crippen LogP contribution in [0.3, 0.4) is 0 Å². The van der Waals surface area contributed by atoms with Crippen molar-refractivity contribution in [2.75, 3.05) is 6.61 Å². The highest BCUT2D eigenvalue weighted by Gasteiger charge is 2.12.